The second-order valence-corrected chi connectivity index (χ2v) is 7.62. The van der Waals surface area contributed by atoms with E-state index >= 15 is 0 Å². The van der Waals surface area contributed by atoms with E-state index in [0.29, 0.717) is 40.7 Å². The van der Waals surface area contributed by atoms with Crippen LogP contribution in [0.5, 0.6) is 5.75 Å². The van der Waals surface area contributed by atoms with Crippen molar-refractivity contribution in [3.05, 3.63) is 47.5 Å². The smallest absolute Gasteiger partial charge is 0.405 e. The molecule has 3 aromatic rings. The molecule has 0 spiro atoms. The molecule has 2 N–H and O–H groups in total. The Bertz CT molecular complexity index is 1020. The van der Waals surface area contributed by atoms with E-state index in [4.69, 9.17) is 4.52 Å². The second-order valence-electron chi connectivity index (χ2n) is 7.62. The molecule has 2 heterocycles. The Labute approximate surface area is 164 Å². The van der Waals surface area contributed by atoms with Gasteiger partial charge in [0.15, 0.2) is 0 Å². The Morgan fingerprint density at radius 1 is 1.31 bits per heavy atom. The minimum atomic E-state index is -4.79. The number of nitrogens with one attached hydrogen (secondary N) is 2. The number of nitrogens with zero attached hydrogens (tertiary/aromatic N) is 1. The van der Waals surface area contributed by atoms with Gasteiger partial charge in [-0.15, -0.1) is 13.2 Å². The van der Waals surface area contributed by atoms with E-state index in [9.17, 15) is 18.0 Å². The summed E-state index contributed by atoms with van der Waals surface area (Å²) < 4.78 is 47.6. The summed E-state index contributed by atoms with van der Waals surface area (Å²) >= 11 is 0. The highest BCUT2D eigenvalue weighted by Crippen LogP contribution is 2.45. The number of hydrogen-bond acceptors (Lipinski definition) is 4. The maximum Gasteiger partial charge on any atom is 0.573 e. The third-order valence-corrected chi connectivity index (χ3v) is 5.21. The van der Waals surface area contributed by atoms with Gasteiger partial charge in [0.25, 0.3) is 0 Å². The van der Waals surface area contributed by atoms with Crippen LogP contribution in [-0.2, 0) is 24.2 Å². The molecule has 1 fully saturated rings. The van der Waals surface area contributed by atoms with E-state index in [2.05, 4.69) is 20.2 Å². The van der Waals surface area contributed by atoms with Crippen molar-refractivity contribution >= 4 is 16.8 Å². The van der Waals surface area contributed by atoms with E-state index in [-0.39, 0.29) is 23.6 Å². The van der Waals surface area contributed by atoms with Crippen molar-refractivity contribution in [2.75, 3.05) is 0 Å². The fourth-order valence-electron chi connectivity index (χ4n) is 3.21. The molecule has 2 aromatic heterocycles. The first kappa shape index (κ1) is 19.4. The van der Waals surface area contributed by atoms with Gasteiger partial charge in [-0.3, -0.25) is 4.79 Å². The average molecular weight is 407 g/mol. The molecule has 9 heteroatoms. The standard InChI is InChI=1S/C20H20F3N3O3/c1-19(5-6-19)18(27)24-11-15-8-13-10-17(29-20(21,22)23)12(9-16(13)25-15)2-3-14-4-7-28-26-14/h4,7-10,25H,2-3,5-6,11H2,1H3,(H,24,27). The number of benzene rings is 1. The van der Waals surface area contributed by atoms with E-state index in [1.807, 2.05) is 6.92 Å². The number of carbonyl (C=O) groups is 1. The minimum Gasteiger partial charge on any atom is -0.405 e. The molecule has 29 heavy (non-hydrogen) atoms. The predicted octanol–water partition coefficient (Wildman–Crippen LogP) is 4.26. The largest absolute Gasteiger partial charge is 0.573 e. The van der Waals surface area contributed by atoms with Crippen molar-refractivity contribution in [3.8, 4) is 5.75 Å². The predicted molar refractivity (Wildman–Crippen MR) is 98.1 cm³/mol. The van der Waals surface area contributed by atoms with Crippen molar-refractivity contribution in [2.45, 2.75) is 45.5 Å². The quantitative estimate of drug-likeness (QED) is 0.614. The molecule has 0 unspecified atom stereocenters. The molecule has 0 bridgehead atoms. The summed E-state index contributed by atoms with van der Waals surface area (Å²) in [6.07, 6.45) is -0.907. The van der Waals surface area contributed by atoms with Crippen LogP contribution < -0.4 is 10.1 Å². The number of rotatable bonds is 7. The van der Waals surface area contributed by atoms with Gasteiger partial charge < -0.3 is 19.6 Å². The highest BCUT2D eigenvalue weighted by molar-refractivity contribution is 5.85. The van der Waals surface area contributed by atoms with Gasteiger partial charge >= 0.3 is 6.36 Å². The Kier molecular flexibility index (Phi) is 4.76. The summed E-state index contributed by atoms with van der Waals surface area (Å²) in [6.45, 7) is 2.20. The van der Waals surface area contributed by atoms with Gasteiger partial charge in [-0.05, 0) is 49.4 Å². The highest BCUT2D eigenvalue weighted by Gasteiger charge is 2.44. The Morgan fingerprint density at radius 3 is 2.76 bits per heavy atom. The highest BCUT2D eigenvalue weighted by atomic mass is 19.4. The lowest BCUT2D eigenvalue weighted by Gasteiger charge is -2.13. The zero-order valence-corrected chi connectivity index (χ0v) is 15.7. The van der Waals surface area contributed by atoms with Gasteiger partial charge in [0.2, 0.25) is 5.91 Å². The van der Waals surface area contributed by atoms with Gasteiger partial charge in [0.1, 0.15) is 12.0 Å². The Balaban J connectivity index is 1.56. The minimum absolute atomic E-state index is 0.00875. The topological polar surface area (TPSA) is 80.2 Å². The molecule has 1 aliphatic rings. The summed E-state index contributed by atoms with van der Waals surface area (Å²) in [5.74, 6) is -0.251. The molecule has 0 aliphatic heterocycles. The van der Waals surface area contributed by atoms with Gasteiger partial charge in [0.05, 0.1) is 12.2 Å². The lowest BCUT2D eigenvalue weighted by atomic mass is 10.1. The van der Waals surface area contributed by atoms with Gasteiger partial charge in [-0.1, -0.05) is 12.1 Å². The molecule has 1 aromatic carbocycles. The van der Waals surface area contributed by atoms with Crippen LogP contribution in [0.25, 0.3) is 10.9 Å². The lowest BCUT2D eigenvalue weighted by molar-refractivity contribution is -0.274. The van der Waals surface area contributed by atoms with Crippen molar-refractivity contribution in [2.24, 2.45) is 5.41 Å². The monoisotopic (exact) mass is 407 g/mol. The maximum absolute atomic E-state index is 12.9. The zero-order valence-electron chi connectivity index (χ0n) is 15.7. The molecule has 154 valence electrons. The molecule has 0 radical (unpaired) electrons. The van der Waals surface area contributed by atoms with Crippen molar-refractivity contribution in [3.63, 3.8) is 0 Å². The number of ether oxygens (including phenoxy) is 1. The fourth-order valence-corrected chi connectivity index (χ4v) is 3.21. The summed E-state index contributed by atoms with van der Waals surface area (Å²) in [5.41, 5.74) is 2.15. The van der Waals surface area contributed by atoms with Crippen LogP contribution in [0.2, 0.25) is 0 Å². The third kappa shape index (κ3) is 4.55. The molecule has 1 aliphatic carbocycles. The molecule has 1 amide bonds. The number of hydrogen-bond donors (Lipinski definition) is 2. The van der Waals surface area contributed by atoms with Crippen LogP contribution in [0.3, 0.4) is 0 Å². The first-order chi connectivity index (χ1) is 13.7. The SMILES string of the molecule is CC1(C(=O)NCc2cc3cc(OC(F)(F)F)c(CCc4ccon4)cc3[nH]2)CC1. The number of aromatic amines is 1. The fraction of sp³-hybridized carbons (Fsp3) is 0.400. The molecule has 0 saturated heterocycles. The molecular weight excluding hydrogens is 387 g/mol. The summed E-state index contributed by atoms with van der Waals surface area (Å²) in [4.78, 5) is 15.3. The molecule has 1 saturated carbocycles. The summed E-state index contributed by atoms with van der Waals surface area (Å²) in [5, 5.41) is 7.23. The molecule has 0 atom stereocenters. The van der Waals surface area contributed by atoms with Crippen molar-refractivity contribution < 1.29 is 27.2 Å². The van der Waals surface area contributed by atoms with E-state index < -0.39 is 6.36 Å². The molecule has 6 nitrogen and oxygen atoms in total. The van der Waals surface area contributed by atoms with Crippen LogP contribution in [0.4, 0.5) is 13.2 Å². The lowest BCUT2D eigenvalue weighted by Crippen LogP contribution is -2.29. The first-order valence-electron chi connectivity index (χ1n) is 9.30. The molecular formula is C20H20F3N3O3. The van der Waals surface area contributed by atoms with Crippen molar-refractivity contribution in [1.82, 2.24) is 15.5 Å². The van der Waals surface area contributed by atoms with Crippen LogP contribution in [-0.4, -0.2) is 22.4 Å². The van der Waals surface area contributed by atoms with Gasteiger partial charge in [-0.2, -0.15) is 0 Å². The second kappa shape index (κ2) is 7.13. The zero-order chi connectivity index (χ0) is 20.6. The molecule has 4 rings (SSSR count). The van der Waals surface area contributed by atoms with Crippen LogP contribution in [0.1, 0.15) is 36.7 Å². The number of aromatic nitrogens is 2. The number of H-pyrrole nitrogens is 1. The number of halogens is 3. The number of fused-ring (bicyclic) bond motifs is 1. The van der Waals surface area contributed by atoms with Gasteiger partial charge in [-0.25, -0.2) is 0 Å². The van der Waals surface area contributed by atoms with E-state index in [1.165, 1.54) is 12.3 Å². The Morgan fingerprint density at radius 2 is 2.10 bits per heavy atom. The maximum atomic E-state index is 12.9. The third-order valence-electron chi connectivity index (χ3n) is 5.21. The number of carbonyl (C=O) groups excluding carboxylic acids is 1. The Hall–Kier alpha value is -2.97. The average Bonchev–Trinajstić information content (AvgIpc) is 3.06. The van der Waals surface area contributed by atoms with Crippen molar-refractivity contribution in [1.29, 1.82) is 0 Å². The van der Waals surface area contributed by atoms with Crippen LogP contribution >= 0.6 is 0 Å². The summed E-state index contributed by atoms with van der Waals surface area (Å²) in [6, 6.07) is 6.39. The number of aryl methyl sites for hydroxylation is 2. The number of amides is 1. The van der Waals surface area contributed by atoms with E-state index in [1.54, 1.807) is 18.2 Å². The normalized spacial score (nSPS) is 15.4. The summed E-state index contributed by atoms with van der Waals surface area (Å²) in [7, 11) is 0. The van der Waals surface area contributed by atoms with Crippen LogP contribution in [0.15, 0.2) is 35.1 Å². The van der Waals surface area contributed by atoms with Crippen LogP contribution in [0, 0.1) is 5.41 Å². The van der Waals surface area contributed by atoms with Gasteiger partial charge in [0, 0.05) is 28.1 Å². The number of alkyl halides is 3. The van der Waals surface area contributed by atoms with E-state index in [0.717, 1.165) is 12.8 Å². The first-order valence-corrected chi connectivity index (χ1v) is 9.30.